The highest BCUT2D eigenvalue weighted by atomic mass is 32.2. The van der Waals surface area contributed by atoms with E-state index >= 15 is 0 Å². The molecule has 0 amide bonds. The van der Waals surface area contributed by atoms with Crippen molar-refractivity contribution in [3.05, 3.63) is 0 Å². The Bertz CT molecular complexity index is 377. The fraction of sp³-hybridized carbons (Fsp3) is 0.889. The maximum Gasteiger partial charge on any atom is 0.307 e. The lowest BCUT2D eigenvalue weighted by molar-refractivity contribution is -0.142. The summed E-state index contributed by atoms with van der Waals surface area (Å²) in [6, 6.07) is 0.0650. The monoisotopic (exact) mass is 248 g/mol. The average molecular weight is 248 g/mol. The van der Waals surface area contributed by atoms with Gasteiger partial charge in [-0.2, -0.15) is 17.4 Å². The molecule has 0 spiro atoms. The Morgan fingerprint density at radius 2 is 2.00 bits per heavy atom. The molecule has 7 heteroatoms. The zero-order valence-corrected chi connectivity index (χ0v) is 9.74. The summed E-state index contributed by atoms with van der Waals surface area (Å²) in [5.41, 5.74) is 0. The lowest BCUT2D eigenvalue weighted by atomic mass is 10.0. The fourth-order valence-corrected chi connectivity index (χ4v) is 3.40. The third-order valence-electron chi connectivity index (χ3n) is 2.97. The number of piperidine rings is 1. The largest absolute Gasteiger partial charge is 0.481 e. The van der Waals surface area contributed by atoms with E-state index in [9.17, 15) is 13.2 Å². The molecule has 0 aromatic rings. The predicted octanol–water partition coefficient (Wildman–Crippen LogP) is -0.220. The second-order valence-corrected chi connectivity index (χ2v) is 6.13. The van der Waals surface area contributed by atoms with E-state index in [0.29, 0.717) is 19.4 Å². The quantitative estimate of drug-likeness (QED) is 0.720. The first kappa shape index (κ1) is 11.8. The van der Waals surface area contributed by atoms with Gasteiger partial charge in [0.2, 0.25) is 0 Å². The normalized spacial score (nSPS) is 27.9. The molecule has 1 aliphatic carbocycles. The van der Waals surface area contributed by atoms with Gasteiger partial charge in [-0.3, -0.25) is 4.79 Å². The molecule has 16 heavy (non-hydrogen) atoms. The Labute approximate surface area is 94.8 Å². The van der Waals surface area contributed by atoms with Crippen molar-refractivity contribution in [3.8, 4) is 0 Å². The number of carboxylic acid groups (broad SMARTS) is 1. The van der Waals surface area contributed by atoms with Gasteiger partial charge in [-0.1, -0.05) is 0 Å². The van der Waals surface area contributed by atoms with Crippen molar-refractivity contribution in [1.82, 2.24) is 9.03 Å². The summed E-state index contributed by atoms with van der Waals surface area (Å²) in [4.78, 5) is 10.8. The van der Waals surface area contributed by atoms with Crippen LogP contribution in [-0.2, 0) is 15.0 Å². The Morgan fingerprint density at radius 1 is 1.31 bits per heavy atom. The highest BCUT2D eigenvalue weighted by Gasteiger charge is 2.35. The number of nitrogens with zero attached hydrogens (tertiary/aromatic N) is 1. The Balaban J connectivity index is 1.99. The Kier molecular flexibility index (Phi) is 3.18. The third-order valence-corrected chi connectivity index (χ3v) is 4.61. The lowest BCUT2D eigenvalue weighted by Gasteiger charge is -2.29. The summed E-state index contributed by atoms with van der Waals surface area (Å²) in [7, 11) is -3.47. The molecule has 2 rings (SSSR count). The van der Waals surface area contributed by atoms with Crippen LogP contribution in [-0.4, -0.2) is 42.9 Å². The van der Waals surface area contributed by atoms with Crippen molar-refractivity contribution in [2.75, 3.05) is 13.1 Å². The molecule has 2 aliphatic rings. The summed E-state index contributed by atoms with van der Waals surface area (Å²) in [6.07, 6.45) is 2.94. The number of rotatable bonds is 4. The van der Waals surface area contributed by atoms with E-state index in [1.54, 1.807) is 0 Å². The van der Waals surface area contributed by atoms with E-state index in [4.69, 9.17) is 5.11 Å². The van der Waals surface area contributed by atoms with Crippen LogP contribution in [0.3, 0.4) is 0 Å². The van der Waals surface area contributed by atoms with Crippen LogP contribution in [0.4, 0.5) is 0 Å². The van der Waals surface area contributed by atoms with Crippen LogP contribution >= 0.6 is 0 Å². The molecule has 1 aliphatic heterocycles. The molecule has 1 unspecified atom stereocenters. The molecule has 0 aromatic carbocycles. The van der Waals surface area contributed by atoms with Gasteiger partial charge in [-0.15, -0.1) is 0 Å². The van der Waals surface area contributed by atoms with E-state index < -0.39 is 22.1 Å². The fourth-order valence-electron chi connectivity index (χ4n) is 1.85. The minimum Gasteiger partial charge on any atom is -0.481 e. The van der Waals surface area contributed by atoms with Crippen LogP contribution in [0, 0.1) is 5.92 Å². The number of carboxylic acids is 1. The molecule has 0 aromatic heterocycles. The second-order valence-electron chi connectivity index (χ2n) is 4.43. The standard InChI is InChI=1S/C9H16N2O4S/c12-9(13)7-2-1-5-11(6-7)16(14,15)10-8-3-4-8/h7-8,10H,1-6H2,(H,12,13). The van der Waals surface area contributed by atoms with E-state index in [2.05, 4.69) is 4.72 Å². The summed E-state index contributed by atoms with van der Waals surface area (Å²) in [5, 5.41) is 8.87. The number of carbonyl (C=O) groups is 1. The molecule has 1 saturated carbocycles. The van der Waals surface area contributed by atoms with Gasteiger partial charge in [0.1, 0.15) is 0 Å². The van der Waals surface area contributed by atoms with Gasteiger partial charge < -0.3 is 5.11 Å². The van der Waals surface area contributed by atoms with Crippen molar-refractivity contribution in [2.45, 2.75) is 31.7 Å². The number of nitrogens with one attached hydrogen (secondary N) is 1. The van der Waals surface area contributed by atoms with Crippen molar-refractivity contribution in [3.63, 3.8) is 0 Å². The first-order chi connectivity index (χ1) is 7.49. The molecule has 6 nitrogen and oxygen atoms in total. The topological polar surface area (TPSA) is 86.7 Å². The van der Waals surface area contributed by atoms with Gasteiger partial charge in [-0.25, -0.2) is 0 Å². The van der Waals surface area contributed by atoms with Crippen LogP contribution < -0.4 is 4.72 Å². The van der Waals surface area contributed by atoms with Crippen LogP contribution in [0.2, 0.25) is 0 Å². The molecule has 1 saturated heterocycles. The van der Waals surface area contributed by atoms with Gasteiger partial charge in [-0.05, 0) is 25.7 Å². The van der Waals surface area contributed by atoms with Crippen LogP contribution in [0.25, 0.3) is 0 Å². The summed E-state index contributed by atoms with van der Waals surface area (Å²) >= 11 is 0. The zero-order valence-electron chi connectivity index (χ0n) is 8.92. The van der Waals surface area contributed by atoms with Crippen molar-refractivity contribution >= 4 is 16.2 Å². The molecular weight excluding hydrogens is 232 g/mol. The number of hydrogen-bond acceptors (Lipinski definition) is 3. The van der Waals surface area contributed by atoms with E-state index in [-0.39, 0.29) is 12.6 Å². The molecule has 0 bridgehead atoms. The minimum absolute atomic E-state index is 0.0650. The highest BCUT2D eigenvalue weighted by Crippen LogP contribution is 2.23. The molecule has 2 fully saturated rings. The molecule has 92 valence electrons. The highest BCUT2D eigenvalue weighted by molar-refractivity contribution is 7.87. The predicted molar refractivity (Wildman–Crippen MR) is 57.0 cm³/mol. The molecule has 0 radical (unpaired) electrons. The molecule has 2 N–H and O–H groups in total. The van der Waals surface area contributed by atoms with E-state index in [1.807, 2.05) is 0 Å². The Hall–Kier alpha value is -0.660. The number of aliphatic carboxylic acids is 1. The Morgan fingerprint density at radius 3 is 2.56 bits per heavy atom. The van der Waals surface area contributed by atoms with Crippen LogP contribution in [0.5, 0.6) is 0 Å². The molecule has 1 atom stereocenters. The van der Waals surface area contributed by atoms with Crippen molar-refractivity contribution in [2.24, 2.45) is 5.92 Å². The lowest BCUT2D eigenvalue weighted by Crippen LogP contribution is -2.47. The first-order valence-electron chi connectivity index (χ1n) is 5.49. The van der Waals surface area contributed by atoms with E-state index in [1.165, 1.54) is 4.31 Å². The van der Waals surface area contributed by atoms with Gasteiger partial charge >= 0.3 is 5.97 Å². The van der Waals surface area contributed by atoms with Gasteiger partial charge in [0, 0.05) is 19.1 Å². The molecular formula is C9H16N2O4S. The maximum atomic E-state index is 11.8. The maximum absolute atomic E-state index is 11.8. The number of hydrogen-bond donors (Lipinski definition) is 2. The summed E-state index contributed by atoms with van der Waals surface area (Å²) < 4.78 is 27.5. The smallest absolute Gasteiger partial charge is 0.307 e. The minimum atomic E-state index is -3.47. The van der Waals surface area contributed by atoms with Crippen molar-refractivity contribution < 1.29 is 18.3 Å². The summed E-state index contributed by atoms with van der Waals surface area (Å²) in [6.45, 7) is 0.517. The molecule has 1 heterocycles. The summed E-state index contributed by atoms with van der Waals surface area (Å²) in [5.74, 6) is -1.48. The van der Waals surface area contributed by atoms with E-state index in [0.717, 1.165) is 12.8 Å². The van der Waals surface area contributed by atoms with Gasteiger partial charge in [0.05, 0.1) is 5.92 Å². The van der Waals surface area contributed by atoms with Crippen LogP contribution in [0.15, 0.2) is 0 Å². The third kappa shape index (κ3) is 2.72. The first-order valence-corrected chi connectivity index (χ1v) is 6.93. The van der Waals surface area contributed by atoms with Gasteiger partial charge in [0.25, 0.3) is 10.2 Å². The van der Waals surface area contributed by atoms with Crippen molar-refractivity contribution in [1.29, 1.82) is 0 Å². The SMILES string of the molecule is O=C(O)C1CCCN(S(=O)(=O)NC2CC2)C1. The van der Waals surface area contributed by atoms with Crippen LogP contribution in [0.1, 0.15) is 25.7 Å². The zero-order chi connectivity index (χ0) is 11.8. The average Bonchev–Trinajstić information content (AvgIpc) is 3.01. The van der Waals surface area contributed by atoms with Gasteiger partial charge in [0.15, 0.2) is 0 Å². The second kappa shape index (κ2) is 4.31.